The summed E-state index contributed by atoms with van der Waals surface area (Å²) < 4.78 is 17.2. The van der Waals surface area contributed by atoms with Gasteiger partial charge in [-0.15, -0.1) is 6.58 Å². The van der Waals surface area contributed by atoms with E-state index in [1.807, 2.05) is 65.0 Å². The molecular weight excluding hydrogens is 432 g/mol. The van der Waals surface area contributed by atoms with Gasteiger partial charge in [0.2, 0.25) is 0 Å². The first kappa shape index (κ1) is 36.8. The number of hydrogen-bond donors (Lipinski definition) is 0. The van der Waals surface area contributed by atoms with Crippen molar-refractivity contribution in [1.29, 1.82) is 0 Å². The van der Waals surface area contributed by atoms with Crippen LogP contribution < -0.4 is 0 Å². The van der Waals surface area contributed by atoms with E-state index in [-0.39, 0.29) is 0 Å². The highest BCUT2D eigenvalue weighted by Crippen LogP contribution is 2.21. The molecule has 0 aromatic heterocycles. The minimum absolute atomic E-state index is 0.314. The predicted molar refractivity (Wildman–Crippen MR) is 157 cm³/mol. The lowest BCUT2D eigenvalue weighted by Crippen LogP contribution is -2.15. The lowest BCUT2D eigenvalue weighted by molar-refractivity contribution is -0.108. The summed E-state index contributed by atoms with van der Waals surface area (Å²) in [6.07, 6.45) is 18.3. The Morgan fingerprint density at radius 1 is 0.914 bits per heavy atom. The van der Waals surface area contributed by atoms with Crippen LogP contribution in [0, 0.1) is 5.41 Å². The maximum Gasteiger partial charge on any atom is 0.197 e. The molecule has 0 saturated heterocycles. The fourth-order valence-corrected chi connectivity index (χ4v) is 2.30. The molecule has 3 nitrogen and oxygen atoms in total. The quantitative estimate of drug-likeness (QED) is 0.0761. The standard InChI is InChI=1S/C27H40O3.C3H6.C2H6/c1-10-15-22(4)23(5)21-25(12-3)29-20-19-28-24(6)30-26(16-11-2)17-13-14-18-27(7,8)9;1-3-2;1-2/h10-13,15-17,21,24H,2-5,14,18-20H2,1,6-9H3;3H,1H2,2H3;1-2H3/b15-10-,17-13-,25-21+,26-16+;;. The molecule has 0 spiro atoms. The van der Waals surface area contributed by atoms with E-state index < -0.39 is 6.29 Å². The molecular formula is C32H52O3. The van der Waals surface area contributed by atoms with Gasteiger partial charge in [-0.3, -0.25) is 0 Å². The summed E-state index contributed by atoms with van der Waals surface area (Å²) in [5.41, 5.74) is 1.92. The zero-order chi connectivity index (χ0) is 27.7. The van der Waals surface area contributed by atoms with E-state index in [1.165, 1.54) is 0 Å². The number of ether oxygens (including phenoxy) is 3. The van der Waals surface area contributed by atoms with Gasteiger partial charge < -0.3 is 14.2 Å². The highest BCUT2D eigenvalue weighted by molar-refractivity contribution is 5.44. The molecule has 0 bridgehead atoms. The molecule has 0 saturated carbocycles. The van der Waals surface area contributed by atoms with Crippen LogP contribution in [0.15, 0.2) is 110 Å². The summed E-state index contributed by atoms with van der Waals surface area (Å²) in [5.74, 6) is 1.34. The topological polar surface area (TPSA) is 27.7 Å². The minimum atomic E-state index is -0.410. The fraction of sp³-hybridized carbons (Fsp3) is 0.438. The van der Waals surface area contributed by atoms with E-state index in [2.05, 4.69) is 59.7 Å². The van der Waals surface area contributed by atoms with Crippen LogP contribution in [-0.2, 0) is 14.2 Å². The fourth-order valence-electron chi connectivity index (χ4n) is 2.30. The summed E-state index contributed by atoms with van der Waals surface area (Å²) in [5, 5.41) is 0. The van der Waals surface area contributed by atoms with Gasteiger partial charge in [-0.1, -0.05) is 91.3 Å². The molecule has 0 rings (SSSR count). The summed E-state index contributed by atoms with van der Waals surface area (Å²) in [6.45, 7) is 35.9. The van der Waals surface area contributed by atoms with Crippen LogP contribution in [0.4, 0.5) is 0 Å². The van der Waals surface area contributed by atoms with Crippen molar-refractivity contribution in [3.05, 3.63) is 110 Å². The zero-order valence-electron chi connectivity index (χ0n) is 23.9. The lowest BCUT2D eigenvalue weighted by Gasteiger charge is -2.17. The van der Waals surface area contributed by atoms with Crippen LogP contribution in [0.25, 0.3) is 0 Å². The Labute approximate surface area is 217 Å². The molecule has 1 atom stereocenters. The van der Waals surface area contributed by atoms with E-state index in [9.17, 15) is 0 Å². The Morgan fingerprint density at radius 3 is 2.00 bits per heavy atom. The first-order valence-corrected chi connectivity index (χ1v) is 12.4. The molecule has 198 valence electrons. The molecule has 0 radical (unpaired) electrons. The van der Waals surface area contributed by atoms with Gasteiger partial charge in [-0.05, 0) is 74.5 Å². The lowest BCUT2D eigenvalue weighted by atomic mass is 9.90. The molecule has 0 amide bonds. The summed E-state index contributed by atoms with van der Waals surface area (Å²) >= 11 is 0. The van der Waals surface area contributed by atoms with E-state index in [4.69, 9.17) is 14.2 Å². The van der Waals surface area contributed by atoms with Crippen LogP contribution in [-0.4, -0.2) is 19.5 Å². The Hall–Kier alpha value is -2.78. The van der Waals surface area contributed by atoms with Gasteiger partial charge in [0.1, 0.15) is 18.1 Å². The van der Waals surface area contributed by atoms with Crippen LogP contribution in [0.1, 0.15) is 68.2 Å². The van der Waals surface area contributed by atoms with Gasteiger partial charge in [0.15, 0.2) is 6.29 Å². The molecule has 0 aromatic carbocycles. The van der Waals surface area contributed by atoms with Crippen LogP contribution in [0.3, 0.4) is 0 Å². The van der Waals surface area contributed by atoms with Crippen LogP contribution >= 0.6 is 0 Å². The molecule has 0 aliphatic rings. The van der Waals surface area contributed by atoms with Gasteiger partial charge >= 0.3 is 0 Å². The van der Waals surface area contributed by atoms with Gasteiger partial charge in [0.25, 0.3) is 0 Å². The van der Waals surface area contributed by atoms with E-state index in [1.54, 1.807) is 18.2 Å². The third-order valence-electron chi connectivity index (χ3n) is 3.93. The smallest absolute Gasteiger partial charge is 0.197 e. The maximum absolute atomic E-state index is 5.84. The van der Waals surface area contributed by atoms with Crippen molar-refractivity contribution in [3.8, 4) is 0 Å². The van der Waals surface area contributed by atoms with E-state index in [0.717, 1.165) is 29.7 Å². The van der Waals surface area contributed by atoms with Crippen molar-refractivity contribution in [1.82, 2.24) is 0 Å². The summed E-state index contributed by atoms with van der Waals surface area (Å²) in [7, 11) is 0. The van der Waals surface area contributed by atoms with Crippen molar-refractivity contribution in [2.24, 2.45) is 5.41 Å². The molecule has 0 fully saturated rings. The highest BCUT2D eigenvalue weighted by atomic mass is 16.7. The second-order valence-corrected chi connectivity index (χ2v) is 8.42. The molecule has 0 heterocycles. The van der Waals surface area contributed by atoms with Crippen molar-refractivity contribution in [2.75, 3.05) is 13.2 Å². The van der Waals surface area contributed by atoms with Crippen molar-refractivity contribution >= 4 is 0 Å². The molecule has 0 aliphatic heterocycles. The normalized spacial score (nSPS) is 12.6. The minimum Gasteiger partial charge on any atom is -0.491 e. The SMILES string of the molecule is C=C/C=C(\C=C/CCC(C)(C)C)OC(C)OCCO/C(C=C)=C/C(=C)C(=C)/C=C\C.C=CC.CC. The monoisotopic (exact) mass is 484 g/mol. The number of rotatable bonds is 15. The summed E-state index contributed by atoms with van der Waals surface area (Å²) in [6, 6.07) is 0. The molecule has 1 unspecified atom stereocenters. The molecule has 3 heteroatoms. The van der Waals surface area contributed by atoms with Crippen molar-refractivity contribution < 1.29 is 14.2 Å². The van der Waals surface area contributed by atoms with Crippen molar-refractivity contribution in [2.45, 2.75) is 74.5 Å². The maximum atomic E-state index is 5.84. The van der Waals surface area contributed by atoms with Gasteiger partial charge in [-0.2, -0.15) is 0 Å². The Bertz CT molecular complexity index is 724. The zero-order valence-corrected chi connectivity index (χ0v) is 23.9. The molecule has 0 N–H and O–H groups in total. The van der Waals surface area contributed by atoms with E-state index in [0.29, 0.717) is 24.4 Å². The van der Waals surface area contributed by atoms with Gasteiger partial charge in [-0.25, -0.2) is 0 Å². The van der Waals surface area contributed by atoms with Crippen LogP contribution in [0.2, 0.25) is 0 Å². The second kappa shape index (κ2) is 24.3. The predicted octanol–water partition coefficient (Wildman–Crippen LogP) is 9.81. The van der Waals surface area contributed by atoms with Crippen molar-refractivity contribution in [3.63, 3.8) is 0 Å². The van der Waals surface area contributed by atoms with Gasteiger partial charge in [0, 0.05) is 0 Å². The first-order chi connectivity index (χ1) is 16.5. The largest absolute Gasteiger partial charge is 0.491 e. The third-order valence-corrected chi connectivity index (χ3v) is 3.93. The van der Waals surface area contributed by atoms with E-state index >= 15 is 0 Å². The Balaban J connectivity index is -0.00000189. The Kier molecular flexibility index (Phi) is 25.6. The third kappa shape index (κ3) is 25.7. The van der Waals surface area contributed by atoms with Gasteiger partial charge in [0.05, 0.1) is 6.61 Å². The first-order valence-electron chi connectivity index (χ1n) is 12.4. The summed E-state index contributed by atoms with van der Waals surface area (Å²) in [4.78, 5) is 0. The molecule has 0 aliphatic carbocycles. The average molecular weight is 485 g/mol. The molecule has 0 aromatic rings. The Morgan fingerprint density at radius 2 is 1.51 bits per heavy atom. The van der Waals surface area contributed by atoms with Crippen LogP contribution in [0.5, 0.6) is 0 Å². The number of allylic oxidation sites excluding steroid dienone is 11. The second-order valence-electron chi connectivity index (χ2n) is 8.42. The average Bonchev–Trinajstić information content (AvgIpc) is 2.80. The number of hydrogen-bond acceptors (Lipinski definition) is 3. The highest BCUT2D eigenvalue weighted by Gasteiger charge is 2.08. The molecule has 35 heavy (non-hydrogen) atoms.